The second-order valence-electron chi connectivity index (χ2n) is 9.15. The molecule has 1 aromatic carbocycles. The van der Waals surface area contributed by atoms with Crippen LogP contribution in [0.4, 0.5) is 5.95 Å². The average molecular weight is 612 g/mol. The van der Waals surface area contributed by atoms with E-state index in [1.165, 1.54) is 11.8 Å². The maximum absolute atomic E-state index is 13.2. The van der Waals surface area contributed by atoms with Crippen LogP contribution in [0, 0.1) is 11.8 Å². The number of hydrogen-bond donors (Lipinski definition) is 1. The maximum atomic E-state index is 13.2. The second kappa shape index (κ2) is 15.1. The molecule has 2 aromatic heterocycles. The summed E-state index contributed by atoms with van der Waals surface area (Å²) in [5.74, 6) is -1.07. The van der Waals surface area contributed by atoms with E-state index in [1.807, 2.05) is 24.3 Å². The number of carbonyl (C=O) groups is 2. The van der Waals surface area contributed by atoms with Gasteiger partial charge in [-0.25, -0.2) is 9.97 Å². The highest BCUT2D eigenvalue weighted by Crippen LogP contribution is 2.48. The summed E-state index contributed by atoms with van der Waals surface area (Å²) < 4.78 is 45.9. The molecule has 0 spiro atoms. The van der Waals surface area contributed by atoms with Gasteiger partial charge < -0.3 is 29.2 Å². The predicted molar refractivity (Wildman–Crippen MR) is 149 cm³/mol. The fourth-order valence-electron chi connectivity index (χ4n) is 3.04. The van der Waals surface area contributed by atoms with E-state index in [4.69, 9.17) is 33.7 Å². The molecule has 0 saturated heterocycles. The Morgan fingerprint density at radius 3 is 2.17 bits per heavy atom. The third-order valence-corrected chi connectivity index (χ3v) is 7.78. The largest absolute Gasteiger partial charge is 0.497 e. The summed E-state index contributed by atoms with van der Waals surface area (Å²) >= 11 is 1.38. The molecule has 0 unspecified atom stereocenters. The highest BCUT2D eigenvalue weighted by atomic mass is 32.2. The first-order valence-electron chi connectivity index (χ1n) is 12.6. The van der Waals surface area contributed by atoms with Crippen LogP contribution >= 0.6 is 19.4 Å². The molecule has 0 fully saturated rings. The number of imidazole rings is 1. The van der Waals surface area contributed by atoms with Crippen LogP contribution in [-0.2, 0) is 44.0 Å². The average Bonchev–Trinajstić information content (AvgIpc) is 3.34. The van der Waals surface area contributed by atoms with Gasteiger partial charge in [0.05, 0.1) is 31.9 Å². The van der Waals surface area contributed by atoms with E-state index in [0.29, 0.717) is 16.2 Å². The summed E-state index contributed by atoms with van der Waals surface area (Å²) in [6.45, 7) is 5.67. The van der Waals surface area contributed by atoms with Crippen LogP contribution in [-0.4, -0.2) is 65.1 Å². The number of aromatic nitrogens is 4. The van der Waals surface area contributed by atoms with Crippen molar-refractivity contribution >= 4 is 48.4 Å². The number of fused-ring (bicyclic) bond motifs is 1. The van der Waals surface area contributed by atoms with Crippen LogP contribution < -0.4 is 10.5 Å². The number of carbonyl (C=O) groups excluding carboxylic acids is 2. The monoisotopic (exact) mass is 611 g/mol. The van der Waals surface area contributed by atoms with Gasteiger partial charge in [-0.2, -0.15) is 4.98 Å². The Balaban J connectivity index is 1.62. The minimum atomic E-state index is -3.97. The van der Waals surface area contributed by atoms with Crippen LogP contribution in [0.2, 0.25) is 0 Å². The quantitative estimate of drug-likeness (QED) is 0.0805. The minimum Gasteiger partial charge on any atom is -0.497 e. The number of esters is 2. The lowest BCUT2D eigenvalue weighted by Gasteiger charge is -2.19. The molecule has 16 heteroatoms. The lowest BCUT2D eigenvalue weighted by Crippen LogP contribution is -2.17. The van der Waals surface area contributed by atoms with E-state index < -0.39 is 51.3 Å². The van der Waals surface area contributed by atoms with Gasteiger partial charge >= 0.3 is 19.5 Å². The van der Waals surface area contributed by atoms with Crippen LogP contribution in [0.5, 0.6) is 5.75 Å². The zero-order valence-electron chi connectivity index (χ0n) is 23.5. The predicted octanol–water partition coefficient (Wildman–Crippen LogP) is 4.08. The van der Waals surface area contributed by atoms with Crippen molar-refractivity contribution in [1.29, 1.82) is 0 Å². The van der Waals surface area contributed by atoms with Gasteiger partial charge in [0.25, 0.3) is 0 Å². The number of ether oxygens (including phenoxy) is 4. The third-order valence-electron chi connectivity index (χ3n) is 5.29. The van der Waals surface area contributed by atoms with Gasteiger partial charge in [0, 0.05) is 11.4 Å². The molecule has 3 rings (SSSR count). The van der Waals surface area contributed by atoms with Crippen molar-refractivity contribution in [2.75, 3.05) is 39.4 Å². The molecule has 41 heavy (non-hydrogen) atoms. The number of benzene rings is 1. The molecule has 0 bridgehead atoms. The summed E-state index contributed by atoms with van der Waals surface area (Å²) in [7, 11) is -2.37. The molecule has 0 aliphatic carbocycles. The van der Waals surface area contributed by atoms with Crippen LogP contribution in [0.1, 0.15) is 27.7 Å². The number of hydrogen-bond acceptors (Lipinski definition) is 14. The van der Waals surface area contributed by atoms with E-state index in [-0.39, 0.29) is 19.1 Å². The topological polar surface area (TPSA) is 176 Å². The Morgan fingerprint density at radius 2 is 1.61 bits per heavy atom. The Bertz CT molecular complexity index is 1340. The van der Waals surface area contributed by atoms with E-state index in [9.17, 15) is 14.2 Å². The number of nitrogens with zero attached hydrogens (tertiary/aromatic N) is 4. The standard InChI is InChI=1S/C25H34N5O9PS/c1-16(2)23(31)36-13-38-40(33,39-14-37-24(32)17(3)4)15-35-11-10-30-12-27-20-21(30)28-25(26)29-22(20)41-19-8-6-18(34-5)7-9-19/h6-9,12,16-17H,10-11,13-15H2,1-5H3,(H2,26,28,29). The lowest BCUT2D eigenvalue weighted by molar-refractivity contribution is -0.156. The zero-order valence-corrected chi connectivity index (χ0v) is 25.2. The van der Waals surface area contributed by atoms with Crippen molar-refractivity contribution in [3.8, 4) is 5.75 Å². The molecule has 0 aliphatic rings. The Morgan fingerprint density at radius 1 is 1.00 bits per heavy atom. The van der Waals surface area contributed by atoms with Gasteiger partial charge in [-0.15, -0.1) is 0 Å². The van der Waals surface area contributed by atoms with Gasteiger partial charge in [-0.1, -0.05) is 39.5 Å². The highest BCUT2D eigenvalue weighted by Gasteiger charge is 2.27. The molecule has 0 radical (unpaired) electrons. The van der Waals surface area contributed by atoms with E-state index in [1.54, 1.807) is 45.7 Å². The first-order valence-corrected chi connectivity index (χ1v) is 15.1. The van der Waals surface area contributed by atoms with Crippen molar-refractivity contribution in [2.45, 2.75) is 44.2 Å². The molecule has 0 amide bonds. The smallest absolute Gasteiger partial charge is 0.361 e. The van der Waals surface area contributed by atoms with Gasteiger partial charge in [0.1, 0.15) is 22.6 Å². The number of methoxy groups -OCH3 is 1. The third kappa shape index (κ3) is 9.68. The summed E-state index contributed by atoms with van der Waals surface area (Å²) in [5, 5.41) is 0.579. The first-order chi connectivity index (χ1) is 19.5. The minimum absolute atomic E-state index is 0.0601. The van der Waals surface area contributed by atoms with Gasteiger partial charge in [0.15, 0.2) is 5.65 Å². The van der Waals surface area contributed by atoms with Crippen molar-refractivity contribution in [3.63, 3.8) is 0 Å². The molecule has 0 saturated carbocycles. The summed E-state index contributed by atoms with van der Waals surface area (Å²) in [6.07, 6.45) is 1.08. The first kappa shape index (κ1) is 32.3. The normalized spacial score (nSPS) is 11.8. The summed E-state index contributed by atoms with van der Waals surface area (Å²) in [5.41, 5.74) is 7.01. The Hall–Kier alpha value is -3.23. The van der Waals surface area contributed by atoms with Gasteiger partial charge in [-0.3, -0.25) is 23.2 Å². The number of anilines is 1. The van der Waals surface area contributed by atoms with Crippen molar-refractivity contribution < 1.29 is 42.1 Å². The molecule has 14 nitrogen and oxygen atoms in total. The molecule has 0 atom stereocenters. The van der Waals surface area contributed by atoms with Crippen LogP contribution in [0.3, 0.4) is 0 Å². The molecule has 3 aromatic rings. The fourth-order valence-corrected chi connectivity index (χ4v) is 4.92. The maximum Gasteiger partial charge on any atom is 0.361 e. The SMILES string of the molecule is COc1ccc(Sc2nc(N)nc3c2ncn3CCOCP(=O)(OCOC(=O)C(C)C)OCOC(=O)C(C)C)cc1. The number of nitrogen functional groups attached to an aromatic ring is 1. The zero-order chi connectivity index (χ0) is 30.0. The van der Waals surface area contributed by atoms with E-state index in [0.717, 1.165) is 10.6 Å². The number of nitrogens with two attached hydrogens (primary N) is 1. The van der Waals surface area contributed by atoms with Gasteiger partial charge in [0.2, 0.25) is 19.5 Å². The van der Waals surface area contributed by atoms with E-state index >= 15 is 0 Å². The second-order valence-corrected chi connectivity index (χ2v) is 12.2. The molecule has 2 N–H and O–H groups in total. The van der Waals surface area contributed by atoms with Crippen LogP contribution in [0.15, 0.2) is 40.5 Å². The van der Waals surface area contributed by atoms with Crippen LogP contribution in [0.25, 0.3) is 11.2 Å². The molecule has 2 heterocycles. The summed E-state index contributed by atoms with van der Waals surface area (Å²) in [4.78, 5) is 37.4. The van der Waals surface area contributed by atoms with Crippen molar-refractivity contribution in [2.24, 2.45) is 11.8 Å². The Kier molecular flexibility index (Phi) is 11.9. The van der Waals surface area contributed by atoms with E-state index in [2.05, 4.69) is 15.0 Å². The highest BCUT2D eigenvalue weighted by molar-refractivity contribution is 7.99. The molecular weight excluding hydrogens is 577 g/mol. The van der Waals surface area contributed by atoms with Gasteiger partial charge in [-0.05, 0) is 24.3 Å². The fraction of sp³-hybridized carbons (Fsp3) is 0.480. The molecule has 224 valence electrons. The number of rotatable bonds is 16. The molecular formula is C25H34N5O9PS. The molecule has 0 aliphatic heterocycles. The summed E-state index contributed by atoms with van der Waals surface area (Å²) in [6, 6.07) is 7.48. The lowest BCUT2D eigenvalue weighted by atomic mass is 10.2. The van der Waals surface area contributed by atoms with Crippen molar-refractivity contribution in [1.82, 2.24) is 19.5 Å². The van der Waals surface area contributed by atoms with Crippen molar-refractivity contribution in [3.05, 3.63) is 30.6 Å². The Labute approximate surface area is 241 Å².